The molecule has 0 bridgehead atoms. The van der Waals surface area contributed by atoms with Crippen LogP contribution < -0.4 is 15.4 Å². The monoisotopic (exact) mass is 390 g/mol. The van der Waals surface area contributed by atoms with Crippen molar-refractivity contribution in [2.24, 2.45) is 0 Å². The van der Waals surface area contributed by atoms with Gasteiger partial charge >= 0.3 is 0 Å². The van der Waals surface area contributed by atoms with Gasteiger partial charge < -0.3 is 15.4 Å². The number of carbonyl (C=O) groups excluding carboxylic acids is 2. The number of halogens is 1. The highest BCUT2D eigenvalue weighted by Gasteiger charge is 2.22. The van der Waals surface area contributed by atoms with E-state index in [9.17, 15) is 9.59 Å². The zero-order valence-electron chi connectivity index (χ0n) is 14.0. The van der Waals surface area contributed by atoms with Crippen LogP contribution in [0, 0.1) is 0 Å². The lowest BCUT2D eigenvalue weighted by atomic mass is 10.0. The molecule has 2 aromatic carbocycles. The normalized spacial score (nSPS) is 15.5. The molecule has 136 valence electrons. The van der Waals surface area contributed by atoms with Crippen molar-refractivity contribution < 1.29 is 14.3 Å². The van der Waals surface area contributed by atoms with Gasteiger partial charge in [-0.1, -0.05) is 29.8 Å². The summed E-state index contributed by atoms with van der Waals surface area (Å²) in [5.74, 6) is 1.02. The highest BCUT2D eigenvalue weighted by Crippen LogP contribution is 2.31. The molecule has 0 aliphatic carbocycles. The molecule has 0 unspecified atom stereocenters. The molecule has 2 N–H and O–H groups in total. The van der Waals surface area contributed by atoms with Gasteiger partial charge in [0.1, 0.15) is 5.75 Å². The van der Waals surface area contributed by atoms with E-state index in [-0.39, 0.29) is 29.4 Å². The maximum Gasteiger partial charge on any atom is 0.234 e. The molecule has 26 heavy (non-hydrogen) atoms. The van der Waals surface area contributed by atoms with E-state index in [1.165, 1.54) is 11.8 Å². The smallest absolute Gasteiger partial charge is 0.234 e. The van der Waals surface area contributed by atoms with Gasteiger partial charge in [-0.25, -0.2) is 0 Å². The minimum absolute atomic E-state index is 0.0454. The van der Waals surface area contributed by atoms with Gasteiger partial charge in [0.2, 0.25) is 11.8 Å². The number of para-hydroxylation sites is 1. The van der Waals surface area contributed by atoms with Gasteiger partial charge in [0.05, 0.1) is 24.2 Å². The Balaban J connectivity index is 1.42. The van der Waals surface area contributed by atoms with Crippen LogP contribution in [-0.4, -0.2) is 29.9 Å². The number of benzene rings is 2. The van der Waals surface area contributed by atoms with Crippen LogP contribution in [0.15, 0.2) is 48.5 Å². The predicted octanol–water partition coefficient (Wildman–Crippen LogP) is 3.65. The summed E-state index contributed by atoms with van der Waals surface area (Å²) in [6.45, 7) is 0.582. The van der Waals surface area contributed by atoms with Crippen LogP contribution in [-0.2, 0) is 9.59 Å². The van der Waals surface area contributed by atoms with Gasteiger partial charge in [-0.2, -0.15) is 0 Å². The van der Waals surface area contributed by atoms with Gasteiger partial charge in [0.25, 0.3) is 0 Å². The molecule has 3 rings (SSSR count). The molecule has 1 heterocycles. The number of nitrogens with one attached hydrogen (secondary N) is 2. The molecule has 1 atom stereocenters. The second kappa shape index (κ2) is 8.96. The average Bonchev–Trinajstić information content (AvgIpc) is 2.64. The van der Waals surface area contributed by atoms with E-state index in [1.807, 2.05) is 24.3 Å². The maximum atomic E-state index is 12.2. The third-order valence-corrected chi connectivity index (χ3v) is 5.07. The van der Waals surface area contributed by atoms with Crippen LogP contribution in [0.3, 0.4) is 0 Å². The maximum absolute atomic E-state index is 12.2. The Labute approximate surface area is 161 Å². The molecule has 1 aliphatic rings. The summed E-state index contributed by atoms with van der Waals surface area (Å²) in [6, 6.07) is 14.6. The molecule has 2 aromatic rings. The van der Waals surface area contributed by atoms with E-state index in [0.717, 1.165) is 17.7 Å². The molecule has 2 amide bonds. The summed E-state index contributed by atoms with van der Waals surface area (Å²) < 4.78 is 5.59. The first-order valence-electron chi connectivity index (χ1n) is 8.26. The van der Waals surface area contributed by atoms with E-state index in [2.05, 4.69) is 10.6 Å². The largest absolute Gasteiger partial charge is 0.493 e. The number of amides is 2. The standard InChI is InChI=1S/C19H19ClN2O3S/c20-13-5-7-14(8-6-13)21-18(23)11-26-12-19(24)22-16-9-10-25-17-4-2-1-3-15(16)17/h1-8,16H,9-12H2,(H,21,23)(H,22,24)/t16-/m1/s1. The van der Waals surface area contributed by atoms with Gasteiger partial charge in [-0.3, -0.25) is 9.59 Å². The molecule has 5 nitrogen and oxygen atoms in total. The zero-order valence-corrected chi connectivity index (χ0v) is 15.6. The zero-order chi connectivity index (χ0) is 18.4. The van der Waals surface area contributed by atoms with Crippen molar-refractivity contribution in [3.05, 3.63) is 59.1 Å². The molecular weight excluding hydrogens is 372 g/mol. The van der Waals surface area contributed by atoms with Crippen molar-refractivity contribution in [1.29, 1.82) is 0 Å². The SMILES string of the molecule is O=C(CSCC(=O)N[C@@H]1CCOc2ccccc21)Nc1ccc(Cl)cc1. The Morgan fingerprint density at radius 3 is 2.62 bits per heavy atom. The van der Waals surface area contributed by atoms with Crippen LogP contribution >= 0.6 is 23.4 Å². The first kappa shape index (κ1) is 18.6. The fraction of sp³-hybridized carbons (Fsp3) is 0.263. The summed E-state index contributed by atoms with van der Waals surface area (Å²) in [6.07, 6.45) is 0.741. The van der Waals surface area contributed by atoms with Gasteiger partial charge in [0.15, 0.2) is 0 Å². The number of carbonyl (C=O) groups is 2. The van der Waals surface area contributed by atoms with Crippen LogP contribution in [0.5, 0.6) is 5.75 Å². The van der Waals surface area contributed by atoms with Crippen molar-refractivity contribution in [2.45, 2.75) is 12.5 Å². The second-order valence-electron chi connectivity index (χ2n) is 5.84. The molecule has 0 saturated carbocycles. The average molecular weight is 391 g/mol. The van der Waals surface area contributed by atoms with Gasteiger partial charge in [-0.05, 0) is 30.3 Å². The minimum atomic E-state index is -0.151. The first-order valence-corrected chi connectivity index (χ1v) is 9.79. The van der Waals surface area contributed by atoms with E-state index in [4.69, 9.17) is 16.3 Å². The number of thioether (sulfide) groups is 1. The number of anilines is 1. The topological polar surface area (TPSA) is 67.4 Å². The number of rotatable bonds is 6. The number of ether oxygens (including phenoxy) is 1. The Morgan fingerprint density at radius 2 is 1.81 bits per heavy atom. The van der Waals surface area contributed by atoms with Crippen molar-refractivity contribution in [1.82, 2.24) is 5.32 Å². The van der Waals surface area contributed by atoms with Crippen LogP contribution in [0.2, 0.25) is 5.02 Å². The van der Waals surface area contributed by atoms with E-state index < -0.39 is 0 Å². The van der Waals surface area contributed by atoms with Crippen LogP contribution in [0.1, 0.15) is 18.0 Å². The summed E-state index contributed by atoms with van der Waals surface area (Å²) in [5, 5.41) is 6.40. The van der Waals surface area contributed by atoms with Gasteiger partial charge in [0, 0.05) is 22.7 Å². The van der Waals surface area contributed by atoms with E-state index in [0.29, 0.717) is 17.3 Å². The third kappa shape index (κ3) is 5.16. The molecule has 7 heteroatoms. The molecule has 0 radical (unpaired) electrons. The number of fused-ring (bicyclic) bond motifs is 1. The summed E-state index contributed by atoms with van der Waals surface area (Å²) in [7, 11) is 0. The molecule has 0 saturated heterocycles. The molecular formula is C19H19ClN2O3S. The Hall–Kier alpha value is -2.18. The minimum Gasteiger partial charge on any atom is -0.493 e. The van der Waals surface area contributed by atoms with Gasteiger partial charge in [-0.15, -0.1) is 11.8 Å². The van der Waals surface area contributed by atoms with Crippen molar-refractivity contribution in [2.75, 3.05) is 23.4 Å². The summed E-state index contributed by atoms with van der Waals surface area (Å²) >= 11 is 7.09. The molecule has 0 aromatic heterocycles. The summed E-state index contributed by atoms with van der Waals surface area (Å²) in [5.41, 5.74) is 1.68. The number of hydrogen-bond donors (Lipinski definition) is 2. The fourth-order valence-electron chi connectivity index (χ4n) is 2.69. The Morgan fingerprint density at radius 1 is 1.08 bits per heavy atom. The Kier molecular flexibility index (Phi) is 6.41. The van der Waals surface area contributed by atoms with Crippen molar-refractivity contribution in [3.63, 3.8) is 0 Å². The fourth-order valence-corrected chi connectivity index (χ4v) is 3.45. The molecule has 0 spiro atoms. The van der Waals surface area contributed by atoms with Crippen molar-refractivity contribution in [3.8, 4) is 5.75 Å². The lowest BCUT2D eigenvalue weighted by molar-refractivity contribution is -0.119. The van der Waals surface area contributed by atoms with E-state index in [1.54, 1.807) is 24.3 Å². The second-order valence-corrected chi connectivity index (χ2v) is 7.26. The molecule has 1 aliphatic heterocycles. The highest BCUT2D eigenvalue weighted by molar-refractivity contribution is 8.00. The van der Waals surface area contributed by atoms with E-state index >= 15 is 0 Å². The lowest BCUT2D eigenvalue weighted by Crippen LogP contribution is -2.33. The highest BCUT2D eigenvalue weighted by atomic mass is 35.5. The Bertz CT molecular complexity index is 783. The third-order valence-electron chi connectivity index (χ3n) is 3.89. The first-order chi connectivity index (χ1) is 12.6. The van der Waals surface area contributed by atoms with Crippen LogP contribution in [0.25, 0.3) is 0 Å². The lowest BCUT2D eigenvalue weighted by Gasteiger charge is -2.26. The van der Waals surface area contributed by atoms with Crippen LogP contribution in [0.4, 0.5) is 5.69 Å². The summed E-state index contributed by atoms with van der Waals surface area (Å²) in [4.78, 5) is 24.1. The van der Waals surface area contributed by atoms with Crippen molar-refractivity contribution >= 4 is 40.9 Å². The molecule has 0 fully saturated rings. The predicted molar refractivity (Wildman–Crippen MR) is 105 cm³/mol. The number of hydrogen-bond acceptors (Lipinski definition) is 4. The quantitative estimate of drug-likeness (QED) is 0.790.